The van der Waals surface area contributed by atoms with Gasteiger partial charge in [0.25, 0.3) is 0 Å². The molecule has 0 spiro atoms. The SMILES string of the molecule is CCC(C)OC(=O)C1=C(C)NC(=O)NC1c1cccs1. The lowest BCUT2D eigenvalue weighted by Crippen LogP contribution is -2.45. The molecule has 0 fully saturated rings. The van der Waals surface area contributed by atoms with Crippen LogP contribution in [0.25, 0.3) is 0 Å². The van der Waals surface area contributed by atoms with Crippen molar-refractivity contribution >= 4 is 23.3 Å². The van der Waals surface area contributed by atoms with E-state index in [2.05, 4.69) is 10.6 Å². The number of urea groups is 1. The molecule has 0 aliphatic carbocycles. The van der Waals surface area contributed by atoms with Gasteiger partial charge in [0.05, 0.1) is 17.7 Å². The summed E-state index contributed by atoms with van der Waals surface area (Å²) in [6, 6.07) is 3.03. The predicted octanol–water partition coefficient (Wildman–Crippen LogP) is 2.72. The molecule has 2 atom stereocenters. The molecule has 2 heterocycles. The van der Waals surface area contributed by atoms with Crippen LogP contribution in [-0.2, 0) is 9.53 Å². The monoisotopic (exact) mass is 294 g/mol. The van der Waals surface area contributed by atoms with Crippen molar-refractivity contribution in [2.45, 2.75) is 39.3 Å². The minimum absolute atomic E-state index is 0.149. The summed E-state index contributed by atoms with van der Waals surface area (Å²) in [6.07, 6.45) is 0.603. The maximum atomic E-state index is 12.3. The van der Waals surface area contributed by atoms with Crippen LogP contribution in [0.2, 0.25) is 0 Å². The molecule has 2 rings (SSSR count). The molecule has 20 heavy (non-hydrogen) atoms. The highest BCUT2D eigenvalue weighted by atomic mass is 32.1. The van der Waals surface area contributed by atoms with Crippen LogP contribution in [0.15, 0.2) is 28.8 Å². The molecule has 1 aromatic rings. The van der Waals surface area contributed by atoms with E-state index in [0.717, 1.165) is 11.3 Å². The van der Waals surface area contributed by atoms with Crippen molar-refractivity contribution in [2.75, 3.05) is 0 Å². The third-order valence-corrected chi connectivity index (χ3v) is 4.14. The van der Waals surface area contributed by atoms with E-state index in [1.807, 2.05) is 31.4 Å². The number of hydrogen-bond acceptors (Lipinski definition) is 4. The molecule has 0 radical (unpaired) electrons. The summed E-state index contributed by atoms with van der Waals surface area (Å²) in [5, 5.41) is 7.31. The van der Waals surface area contributed by atoms with Gasteiger partial charge in [-0.1, -0.05) is 13.0 Å². The molecule has 2 amide bonds. The second kappa shape index (κ2) is 6.09. The van der Waals surface area contributed by atoms with Crippen LogP contribution in [-0.4, -0.2) is 18.1 Å². The van der Waals surface area contributed by atoms with Gasteiger partial charge >= 0.3 is 12.0 Å². The lowest BCUT2D eigenvalue weighted by Gasteiger charge is -2.27. The Morgan fingerprint density at radius 1 is 1.55 bits per heavy atom. The topological polar surface area (TPSA) is 67.4 Å². The van der Waals surface area contributed by atoms with Crippen molar-refractivity contribution in [1.82, 2.24) is 10.6 Å². The molecule has 108 valence electrons. The zero-order chi connectivity index (χ0) is 14.7. The van der Waals surface area contributed by atoms with Gasteiger partial charge in [-0.05, 0) is 31.7 Å². The van der Waals surface area contributed by atoms with Gasteiger partial charge in [0.1, 0.15) is 0 Å². The van der Waals surface area contributed by atoms with Crippen molar-refractivity contribution in [3.8, 4) is 0 Å². The number of ether oxygens (including phenoxy) is 1. The average Bonchev–Trinajstić information content (AvgIpc) is 2.91. The van der Waals surface area contributed by atoms with Gasteiger partial charge in [0.2, 0.25) is 0 Å². The lowest BCUT2D eigenvalue weighted by molar-refractivity contribution is -0.144. The second-order valence-corrected chi connectivity index (χ2v) is 5.69. The van der Waals surface area contributed by atoms with E-state index in [1.165, 1.54) is 11.3 Å². The Hall–Kier alpha value is -1.82. The Labute approximate surface area is 122 Å². The van der Waals surface area contributed by atoms with Crippen LogP contribution >= 0.6 is 11.3 Å². The van der Waals surface area contributed by atoms with Crippen LogP contribution in [0.1, 0.15) is 38.1 Å². The molecular formula is C14H18N2O3S. The van der Waals surface area contributed by atoms with Crippen molar-refractivity contribution in [1.29, 1.82) is 0 Å². The summed E-state index contributed by atoms with van der Waals surface area (Å²) in [5.41, 5.74) is 1.01. The van der Waals surface area contributed by atoms with Crippen molar-refractivity contribution < 1.29 is 14.3 Å². The fraction of sp³-hybridized carbons (Fsp3) is 0.429. The van der Waals surface area contributed by atoms with E-state index < -0.39 is 6.04 Å². The van der Waals surface area contributed by atoms with E-state index >= 15 is 0 Å². The third kappa shape index (κ3) is 3.01. The summed E-state index contributed by atoms with van der Waals surface area (Å²) in [4.78, 5) is 24.9. The number of nitrogens with one attached hydrogen (secondary N) is 2. The van der Waals surface area contributed by atoms with Crippen LogP contribution in [0.5, 0.6) is 0 Å². The highest BCUT2D eigenvalue weighted by Gasteiger charge is 2.33. The summed E-state index contributed by atoms with van der Waals surface area (Å²) in [7, 11) is 0. The van der Waals surface area contributed by atoms with E-state index in [4.69, 9.17) is 4.74 Å². The summed E-state index contributed by atoms with van der Waals surface area (Å²) < 4.78 is 5.39. The molecule has 0 aromatic carbocycles. The number of thiophene rings is 1. The first-order chi connectivity index (χ1) is 9.52. The number of carbonyl (C=O) groups is 2. The largest absolute Gasteiger partial charge is 0.459 e. The number of rotatable bonds is 4. The predicted molar refractivity (Wildman–Crippen MR) is 77.3 cm³/mol. The fourth-order valence-corrected chi connectivity index (χ4v) is 2.75. The van der Waals surface area contributed by atoms with Gasteiger partial charge in [-0.15, -0.1) is 11.3 Å². The van der Waals surface area contributed by atoms with Crippen LogP contribution in [0.3, 0.4) is 0 Å². The summed E-state index contributed by atoms with van der Waals surface area (Å²) >= 11 is 1.49. The number of amides is 2. The molecule has 1 aliphatic rings. The highest BCUT2D eigenvalue weighted by Crippen LogP contribution is 2.30. The normalized spacial score (nSPS) is 20.1. The first-order valence-electron chi connectivity index (χ1n) is 6.55. The van der Waals surface area contributed by atoms with Gasteiger partial charge < -0.3 is 15.4 Å². The Kier molecular flexibility index (Phi) is 4.44. The second-order valence-electron chi connectivity index (χ2n) is 4.71. The van der Waals surface area contributed by atoms with Crippen molar-refractivity contribution in [2.24, 2.45) is 0 Å². The summed E-state index contributed by atoms with van der Waals surface area (Å²) in [6.45, 7) is 5.52. The molecule has 5 nitrogen and oxygen atoms in total. The third-order valence-electron chi connectivity index (χ3n) is 3.20. The number of carbonyl (C=O) groups excluding carboxylic acids is 2. The van der Waals surface area contributed by atoms with Gasteiger partial charge in [-0.25, -0.2) is 9.59 Å². The van der Waals surface area contributed by atoms with E-state index in [9.17, 15) is 9.59 Å². The molecule has 0 saturated carbocycles. The zero-order valence-corrected chi connectivity index (χ0v) is 12.5. The van der Waals surface area contributed by atoms with Crippen LogP contribution < -0.4 is 10.6 Å². The van der Waals surface area contributed by atoms with Crippen LogP contribution in [0, 0.1) is 0 Å². The van der Waals surface area contributed by atoms with Gasteiger partial charge in [0.15, 0.2) is 0 Å². The maximum Gasteiger partial charge on any atom is 0.338 e. The number of esters is 1. The van der Waals surface area contributed by atoms with Crippen LogP contribution in [0.4, 0.5) is 4.79 Å². The van der Waals surface area contributed by atoms with Crippen molar-refractivity contribution in [3.05, 3.63) is 33.7 Å². The van der Waals surface area contributed by atoms with E-state index in [-0.39, 0.29) is 18.1 Å². The molecule has 0 saturated heterocycles. The number of allylic oxidation sites excluding steroid dienone is 1. The van der Waals surface area contributed by atoms with Gasteiger partial charge in [-0.3, -0.25) is 0 Å². The van der Waals surface area contributed by atoms with E-state index in [1.54, 1.807) is 6.92 Å². The fourth-order valence-electron chi connectivity index (χ4n) is 1.96. The molecule has 2 unspecified atom stereocenters. The smallest absolute Gasteiger partial charge is 0.338 e. The maximum absolute atomic E-state index is 12.3. The zero-order valence-electron chi connectivity index (χ0n) is 11.7. The van der Waals surface area contributed by atoms with E-state index in [0.29, 0.717) is 11.3 Å². The molecule has 1 aromatic heterocycles. The first-order valence-corrected chi connectivity index (χ1v) is 7.43. The first kappa shape index (κ1) is 14.6. The lowest BCUT2D eigenvalue weighted by atomic mass is 10.0. The standard InChI is InChI=1S/C14H18N2O3S/c1-4-8(2)19-13(17)11-9(3)15-14(18)16-12(11)10-6-5-7-20-10/h5-8,12H,4H2,1-3H3,(H2,15,16,18). The minimum atomic E-state index is -0.444. The molecular weight excluding hydrogens is 276 g/mol. The van der Waals surface area contributed by atoms with Gasteiger partial charge in [-0.2, -0.15) is 0 Å². The quantitative estimate of drug-likeness (QED) is 0.839. The molecule has 2 N–H and O–H groups in total. The molecule has 1 aliphatic heterocycles. The summed E-state index contributed by atoms with van der Waals surface area (Å²) in [5.74, 6) is -0.386. The van der Waals surface area contributed by atoms with Gasteiger partial charge in [0, 0.05) is 10.6 Å². The molecule has 6 heteroatoms. The number of hydrogen-bond donors (Lipinski definition) is 2. The van der Waals surface area contributed by atoms with Crippen molar-refractivity contribution in [3.63, 3.8) is 0 Å². The molecule has 0 bridgehead atoms. The Balaban J connectivity index is 2.31. The minimum Gasteiger partial charge on any atom is -0.459 e. The Morgan fingerprint density at radius 3 is 2.90 bits per heavy atom. The average molecular weight is 294 g/mol. The Morgan fingerprint density at radius 2 is 2.30 bits per heavy atom. The highest BCUT2D eigenvalue weighted by molar-refractivity contribution is 7.10. The Bertz CT molecular complexity index is 537.